The van der Waals surface area contributed by atoms with Crippen molar-refractivity contribution >= 4 is 5.91 Å². The predicted molar refractivity (Wildman–Crippen MR) is 95.3 cm³/mol. The summed E-state index contributed by atoms with van der Waals surface area (Å²) in [5, 5.41) is 4.42. The van der Waals surface area contributed by atoms with Gasteiger partial charge in [-0.1, -0.05) is 12.1 Å². The van der Waals surface area contributed by atoms with Crippen molar-refractivity contribution in [2.24, 2.45) is 0 Å². The summed E-state index contributed by atoms with van der Waals surface area (Å²) in [6.45, 7) is 11.5. The second-order valence-corrected chi connectivity index (χ2v) is 6.29. The molecule has 130 valence electrons. The van der Waals surface area contributed by atoms with E-state index in [2.05, 4.69) is 11.2 Å². The SMILES string of the molecule is CCn1cc(CN(C)C(=O)COc2c(C)ccc(C)c2C)c(C)n1. The number of carbonyl (C=O) groups excluding carboxylic acids is 1. The Balaban J connectivity index is 1.99. The second-order valence-electron chi connectivity index (χ2n) is 6.29. The Labute approximate surface area is 144 Å². The molecule has 2 aromatic rings. The van der Waals surface area contributed by atoms with Crippen molar-refractivity contribution in [2.75, 3.05) is 13.7 Å². The minimum atomic E-state index is -0.0426. The Morgan fingerprint density at radius 1 is 1.21 bits per heavy atom. The second kappa shape index (κ2) is 7.51. The van der Waals surface area contributed by atoms with Crippen LogP contribution < -0.4 is 4.74 Å². The first-order valence-electron chi connectivity index (χ1n) is 8.30. The molecule has 0 unspecified atom stereocenters. The van der Waals surface area contributed by atoms with Crippen LogP contribution >= 0.6 is 0 Å². The highest BCUT2D eigenvalue weighted by molar-refractivity contribution is 5.77. The summed E-state index contributed by atoms with van der Waals surface area (Å²) < 4.78 is 7.70. The minimum absolute atomic E-state index is 0.0426. The first kappa shape index (κ1) is 18.0. The van der Waals surface area contributed by atoms with E-state index in [1.807, 2.05) is 51.6 Å². The number of amides is 1. The lowest BCUT2D eigenvalue weighted by molar-refractivity contribution is -0.132. The van der Waals surface area contributed by atoms with Gasteiger partial charge in [0.25, 0.3) is 5.91 Å². The molecule has 1 amide bonds. The van der Waals surface area contributed by atoms with Gasteiger partial charge in [-0.05, 0) is 51.3 Å². The number of aromatic nitrogens is 2. The maximum absolute atomic E-state index is 12.4. The number of hydrogen-bond acceptors (Lipinski definition) is 3. The van der Waals surface area contributed by atoms with Crippen LogP contribution in [0.2, 0.25) is 0 Å². The van der Waals surface area contributed by atoms with Gasteiger partial charge >= 0.3 is 0 Å². The molecule has 0 saturated heterocycles. The Hall–Kier alpha value is -2.30. The van der Waals surface area contributed by atoms with Crippen molar-refractivity contribution in [3.8, 4) is 5.75 Å². The van der Waals surface area contributed by atoms with Gasteiger partial charge in [0.2, 0.25) is 0 Å². The number of hydrogen-bond donors (Lipinski definition) is 0. The molecule has 0 aliphatic rings. The molecule has 1 aromatic carbocycles. The molecule has 0 radical (unpaired) electrons. The minimum Gasteiger partial charge on any atom is -0.483 e. The summed E-state index contributed by atoms with van der Waals surface area (Å²) in [7, 11) is 1.80. The summed E-state index contributed by atoms with van der Waals surface area (Å²) in [4.78, 5) is 14.1. The standard InChI is InChI=1S/C19H27N3O2/c1-7-22-11-17(16(5)20-22)10-21(6)18(23)12-24-19-14(3)9-8-13(2)15(19)4/h8-9,11H,7,10,12H2,1-6H3. The van der Waals surface area contributed by atoms with Crippen molar-refractivity contribution in [3.05, 3.63) is 46.3 Å². The zero-order chi connectivity index (χ0) is 17.9. The molecule has 24 heavy (non-hydrogen) atoms. The smallest absolute Gasteiger partial charge is 0.260 e. The maximum Gasteiger partial charge on any atom is 0.260 e. The van der Waals surface area contributed by atoms with E-state index in [0.29, 0.717) is 6.54 Å². The fourth-order valence-electron chi connectivity index (χ4n) is 2.61. The van der Waals surface area contributed by atoms with E-state index in [1.165, 1.54) is 5.56 Å². The number of nitrogens with zero attached hydrogens (tertiary/aromatic N) is 3. The first-order valence-corrected chi connectivity index (χ1v) is 8.30. The number of rotatable bonds is 6. The molecule has 0 spiro atoms. The van der Waals surface area contributed by atoms with Gasteiger partial charge in [0.15, 0.2) is 6.61 Å². The maximum atomic E-state index is 12.4. The van der Waals surface area contributed by atoms with Crippen molar-refractivity contribution in [1.29, 1.82) is 0 Å². The lowest BCUT2D eigenvalue weighted by Gasteiger charge is -2.19. The van der Waals surface area contributed by atoms with Crippen LogP contribution in [0.1, 0.15) is 34.9 Å². The van der Waals surface area contributed by atoms with E-state index in [4.69, 9.17) is 4.74 Å². The van der Waals surface area contributed by atoms with Gasteiger partial charge in [-0.3, -0.25) is 9.48 Å². The van der Waals surface area contributed by atoms with Crippen LogP contribution in [-0.2, 0) is 17.9 Å². The van der Waals surface area contributed by atoms with E-state index in [9.17, 15) is 4.79 Å². The van der Waals surface area contributed by atoms with Gasteiger partial charge in [0, 0.05) is 31.9 Å². The number of benzene rings is 1. The quantitative estimate of drug-likeness (QED) is 0.818. The summed E-state index contributed by atoms with van der Waals surface area (Å²) in [5.41, 5.74) is 5.33. The first-order chi connectivity index (χ1) is 11.3. The highest BCUT2D eigenvalue weighted by Crippen LogP contribution is 2.25. The van der Waals surface area contributed by atoms with Crippen LogP contribution in [0.25, 0.3) is 0 Å². The third kappa shape index (κ3) is 3.96. The molecule has 1 aromatic heterocycles. The molecule has 2 rings (SSSR count). The van der Waals surface area contributed by atoms with Crippen LogP contribution in [-0.4, -0.2) is 34.2 Å². The molecule has 0 N–H and O–H groups in total. The Morgan fingerprint density at radius 2 is 1.88 bits per heavy atom. The van der Waals surface area contributed by atoms with E-state index in [-0.39, 0.29) is 12.5 Å². The highest BCUT2D eigenvalue weighted by Gasteiger charge is 2.15. The Kier molecular flexibility index (Phi) is 5.65. The third-order valence-corrected chi connectivity index (χ3v) is 4.42. The predicted octanol–water partition coefficient (Wildman–Crippen LogP) is 3.17. The van der Waals surface area contributed by atoms with Crippen LogP contribution in [0, 0.1) is 27.7 Å². The van der Waals surface area contributed by atoms with Gasteiger partial charge < -0.3 is 9.64 Å². The van der Waals surface area contributed by atoms with E-state index < -0.39 is 0 Å². The van der Waals surface area contributed by atoms with Gasteiger partial charge in [-0.15, -0.1) is 0 Å². The summed E-state index contributed by atoms with van der Waals surface area (Å²) >= 11 is 0. The molecule has 1 heterocycles. The molecule has 5 heteroatoms. The normalized spacial score (nSPS) is 10.8. The lowest BCUT2D eigenvalue weighted by atomic mass is 10.1. The van der Waals surface area contributed by atoms with Crippen LogP contribution in [0.4, 0.5) is 0 Å². The molecule has 5 nitrogen and oxygen atoms in total. The van der Waals surface area contributed by atoms with Crippen molar-refractivity contribution < 1.29 is 9.53 Å². The Bertz CT molecular complexity index is 734. The van der Waals surface area contributed by atoms with Crippen LogP contribution in [0.3, 0.4) is 0 Å². The fraction of sp³-hybridized carbons (Fsp3) is 0.474. The average molecular weight is 329 g/mol. The molecule has 0 aliphatic heterocycles. The highest BCUT2D eigenvalue weighted by atomic mass is 16.5. The summed E-state index contributed by atoms with van der Waals surface area (Å²) in [5.74, 6) is 0.769. The lowest BCUT2D eigenvalue weighted by Crippen LogP contribution is -2.31. The van der Waals surface area contributed by atoms with E-state index in [0.717, 1.165) is 34.7 Å². The van der Waals surface area contributed by atoms with E-state index in [1.54, 1.807) is 11.9 Å². The van der Waals surface area contributed by atoms with Crippen molar-refractivity contribution in [2.45, 2.75) is 47.7 Å². The number of ether oxygens (including phenoxy) is 1. The van der Waals surface area contributed by atoms with Gasteiger partial charge in [0.1, 0.15) is 5.75 Å². The molecular formula is C19H27N3O2. The van der Waals surface area contributed by atoms with Crippen LogP contribution in [0.5, 0.6) is 5.75 Å². The van der Waals surface area contributed by atoms with Gasteiger partial charge in [0.05, 0.1) is 5.69 Å². The monoisotopic (exact) mass is 329 g/mol. The van der Waals surface area contributed by atoms with Gasteiger partial charge in [-0.2, -0.15) is 5.10 Å². The largest absolute Gasteiger partial charge is 0.483 e. The summed E-state index contributed by atoms with van der Waals surface area (Å²) in [6.07, 6.45) is 1.99. The molecule has 0 aliphatic carbocycles. The topological polar surface area (TPSA) is 47.4 Å². The van der Waals surface area contributed by atoms with E-state index >= 15 is 0 Å². The third-order valence-electron chi connectivity index (χ3n) is 4.42. The number of likely N-dealkylation sites (N-methyl/N-ethyl adjacent to an activating group) is 1. The van der Waals surface area contributed by atoms with Crippen molar-refractivity contribution in [3.63, 3.8) is 0 Å². The summed E-state index contributed by atoms with van der Waals surface area (Å²) in [6, 6.07) is 4.09. The molecule has 0 bridgehead atoms. The molecular weight excluding hydrogens is 302 g/mol. The Morgan fingerprint density at radius 3 is 2.50 bits per heavy atom. The zero-order valence-electron chi connectivity index (χ0n) is 15.5. The molecule has 0 atom stereocenters. The molecule has 0 fully saturated rings. The number of carbonyl (C=O) groups is 1. The number of aryl methyl sites for hydroxylation is 4. The van der Waals surface area contributed by atoms with Gasteiger partial charge in [-0.25, -0.2) is 0 Å². The average Bonchev–Trinajstić information content (AvgIpc) is 2.91. The fourth-order valence-corrected chi connectivity index (χ4v) is 2.61. The van der Waals surface area contributed by atoms with Crippen LogP contribution in [0.15, 0.2) is 18.3 Å². The zero-order valence-corrected chi connectivity index (χ0v) is 15.5. The van der Waals surface area contributed by atoms with Crippen molar-refractivity contribution in [1.82, 2.24) is 14.7 Å². The molecule has 0 saturated carbocycles.